The lowest BCUT2D eigenvalue weighted by molar-refractivity contribution is -0.134. The average Bonchev–Trinajstić information content (AvgIpc) is 3.24. The van der Waals surface area contributed by atoms with Gasteiger partial charge in [-0.3, -0.25) is 33.6 Å². The van der Waals surface area contributed by atoms with Gasteiger partial charge in [0.1, 0.15) is 11.8 Å². The number of rotatable bonds is 38. The average molecular weight is 875 g/mol. The number of ketones is 2. The molecular formula is C46H78N6O8S. The molecule has 0 aromatic heterocycles. The summed E-state index contributed by atoms with van der Waals surface area (Å²) in [5.74, 6) is -4.26. The largest absolute Gasteiger partial charge is 0.508 e. The van der Waals surface area contributed by atoms with Gasteiger partial charge in [0, 0.05) is 44.6 Å². The minimum absolute atomic E-state index is 0.0187. The standard InChI is InChI=1S/C46H78N6O8S/c1-4-5-6-7-8-9-10-11-12-13-14-15-16-20-43(57)51-40(27-29-61-3)46(60)50-33-38(54)31-36(30-34-21-23-37(53)24-22-34)45(59)52-39(25-26-42(48)56)41(55)32-35(44(58)49-2)19-17-18-28-47/h21-24,35-36,39-40,53H,4-20,25-33,47H2,1-3H3,(H2,48,56)(H,49,58)(H,50,60)(H,51,57)(H,52,59)/t35-,36-,39+,40-/m1/s1. The number of benzene rings is 1. The number of nitrogens with one attached hydrogen (secondary N) is 4. The van der Waals surface area contributed by atoms with E-state index < -0.39 is 53.2 Å². The first-order chi connectivity index (χ1) is 29.3. The van der Waals surface area contributed by atoms with Gasteiger partial charge in [-0.1, -0.05) is 103 Å². The van der Waals surface area contributed by atoms with E-state index >= 15 is 0 Å². The molecule has 61 heavy (non-hydrogen) atoms. The normalized spacial score (nSPS) is 13.0. The topological polar surface area (TPSA) is 240 Å². The summed E-state index contributed by atoms with van der Waals surface area (Å²) < 4.78 is 0. The number of hydrogen-bond donors (Lipinski definition) is 7. The maximum Gasteiger partial charge on any atom is 0.242 e. The zero-order chi connectivity index (χ0) is 45.3. The molecule has 4 atom stereocenters. The van der Waals surface area contributed by atoms with Crippen molar-refractivity contribution in [3.63, 3.8) is 0 Å². The van der Waals surface area contributed by atoms with Crippen LogP contribution in [0.5, 0.6) is 5.75 Å². The third-order valence-corrected chi connectivity index (χ3v) is 11.6. The van der Waals surface area contributed by atoms with Crippen molar-refractivity contribution in [2.24, 2.45) is 23.3 Å². The second-order valence-corrected chi connectivity index (χ2v) is 17.2. The number of amides is 5. The third-order valence-electron chi connectivity index (χ3n) is 10.9. The molecule has 0 bridgehead atoms. The Labute approximate surface area is 369 Å². The highest BCUT2D eigenvalue weighted by Crippen LogP contribution is 2.20. The Morgan fingerprint density at radius 2 is 1.28 bits per heavy atom. The molecule has 0 heterocycles. The van der Waals surface area contributed by atoms with Crippen LogP contribution in [0.1, 0.15) is 154 Å². The van der Waals surface area contributed by atoms with E-state index in [4.69, 9.17) is 11.5 Å². The monoisotopic (exact) mass is 875 g/mol. The van der Waals surface area contributed by atoms with Crippen LogP contribution in [0.3, 0.4) is 0 Å². The summed E-state index contributed by atoms with van der Waals surface area (Å²) >= 11 is 1.54. The Morgan fingerprint density at radius 1 is 0.672 bits per heavy atom. The van der Waals surface area contributed by atoms with E-state index in [0.717, 1.165) is 25.7 Å². The highest BCUT2D eigenvalue weighted by Gasteiger charge is 2.31. The van der Waals surface area contributed by atoms with E-state index in [0.29, 0.717) is 50.0 Å². The zero-order valence-electron chi connectivity index (χ0n) is 37.4. The van der Waals surface area contributed by atoms with Gasteiger partial charge in [-0.25, -0.2) is 0 Å². The molecule has 5 amide bonds. The lowest BCUT2D eigenvalue weighted by Gasteiger charge is -2.24. The van der Waals surface area contributed by atoms with Crippen molar-refractivity contribution in [1.82, 2.24) is 21.3 Å². The van der Waals surface area contributed by atoms with Crippen LogP contribution in [0.4, 0.5) is 0 Å². The molecule has 9 N–H and O–H groups in total. The van der Waals surface area contributed by atoms with E-state index in [1.165, 1.54) is 88.7 Å². The molecule has 15 heteroatoms. The van der Waals surface area contributed by atoms with Crippen LogP contribution in [0.25, 0.3) is 0 Å². The summed E-state index contributed by atoms with van der Waals surface area (Å²) in [4.78, 5) is 91.5. The molecule has 14 nitrogen and oxygen atoms in total. The van der Waals surface area contributed by atoms with Crippen LogP contribution in [0.15, 0.2) is 24.3 Å². The van der Waals surface area contributed by atoms with Crippen LogP contribution in [-0.2, 0) is 40.0 Å². The van der Waals surface area contributed by atoms with Crippen LogP contribution in [0.2, 0.25) is 0 Å². The molecular weight excluding hydrogens is 797 g/mol. The van der Waals surface area contributed by atoms with Gasteiger partial charge in [0.05, 0.1) is 12.6 Å². The van der Waals surface area contributed by atoms with Crippen molar-refractivity contribution in [2.75, 3.05) is 32.1 Å². The van der Waals surface area contributed by atoms with Crippen molar-refractivity contribution < 1.29 is 38.7 Å². The maximum absolute atomic E-state index is 13.9. The molecule has 0 spiro atoms. The molecule has 0 fully saturated rings. The predicted molar refractivity (Wildman–Crippen MR) is 244 cm³/mol. The first kappa shape index (κ1) is 55.0. The van der Waals surface area contributed by atoms with E-state index in [2.05, 4.69) is 28.2 Å². The maximum atomic E-state index is 13.9. The molecule has 1 aromatic carbocycles. The first-order valence-corrected chi connectivity index (χ1v) is 24.1. The highest BCUT2D eigenvalue weighted by molar-refractivity contribution is 7.98. The second-order valence-electron chi connectivity index (χ2n) is 16.3. The van der Waals surface area contributed by atoms with Crippen molar-refractivity contribution in [3.8, 4) is 5.75 Å². The fourth-order valence-electron chi connectivity index (χ4n) is 7.24. The molecule has 0 aliphatic heterocycles. The number of phenolic OH excluding ortho intramolecular Hbond substituents is 1. The fourth-order valence-corrected chi connectivity index (χ4v) is 7.72. The SMILES string of the molecule is CCCCCCCCCCCCCCCC(=O)N[C@H](CCSC)C(=O)NCC(=O)C[C@@H](Cc1ccc(O)cc1)C(=O)N[C@@H](CCC(N)=O)C(=O)C[C@@H](CCCCN)C(=O)NC. The van der Waals surface area contributed by atoms with E-state index in [-0.39, 0.29) is 56.2 Å². The molecule has 346 valence electrons. The molecule has 0 unspecified atom stereocenters. The molecule has 1 rings (SSSR count). The number of phenols is 1. The van der Waals surface area contributed by atoms with Gasteiger partial charge >= 0.3 is 0 Å². The molecule has 0 saturated carbocycles. The van der Waals surface area contributed by atoms with E-state index in [1.807, 2.05) is 6.26 Å². The van der Waals surface area contributed by atoms with Crippen LogP contribution in [0, 0.1) is 11.8 Å². The van der Waals surface area contributed by atoms with Gasteiger partial charge in [-0.05, 0) is 74.8 Å². The summed E-state index contributed by atoms with van der Waals surface area (Å²) in [7, 11) is 1.48. The molecule has 1 aromatic rings. The quantitative estimate of drug-likeness (QED) is 0.0409. The number of aromatic hydroxyl groups is 1. The lowest BCUT2D eigenvalue weighted by Crippen LogP contribution is -2.48. The minimum atomic E-state index is -1.15. The summed E-state index contributed by atoms with van der Waals surface area (Å²) in [5.41, 5.74) is 11.7. The predicted octanol–water partition coefficient (Wildman–Crippen LogP) is 5.55. The number of unbranched alkanes of at least 4 members (excludes halogenated alkanes) is 13. The van der Waals surface area contributed by atoms with E-state index in [9.17, 15) is 38.7 Å². The molecule has 0 aliphatic carbocycles. The van der Waals surface area contributed by atoms with Crippen LogP contribution < -0.4 is 32.7 Å². The zero-order valence-corrected chi connectivity index (χ0v) is 38.2. The smallest absolute Gasteiger partial charge is 0.242 e. The van der Waals surface area contributed by atoms with Gasteiger partial charge in [0.2, 0.25) is 29.5 Å². The third kappa shape index (κ3) is 26.9. The number of thioether (sulfide) groups is 1. The van der Waals surface area contributed by atoms with Gasteiger partial charge in [-0.2, -0.15) is 11.8 Å². The molecule has 0 radical (unpaired) electrons. The first-order valence-electron chi connectivity index (χ1n) is 22.7. The van der Waals surface area contributed by atoms with Crippen LogP contribution in [-0.4, -0.2) is 90.4 Å². The van der Waals surface area contributed by atoms with E-state index in [1.54, 1.807) is 12.1 Å². The van der Waals surface area contributed by atoms with Gasteiger partial charge in [-0.15, -0.1) is 0 Å². The second kappa shape index (κ2) is 34.6. The summed E-state index contributed by atoms with van der Waals surface area (Å²) in [6, 6.07) is 4.16. The number of primary amides is 1. The van der Waals surface area contributed by atoms with Gasteiger partial charge in [0.15, 0.2) is 11.6 Å². The van der Waals surface area contributed by atoms with Crippen molar-refractivity contribution in [2.45, 2.75) is 167 Å². The van der Waals surface area contributed by atoms with Crippen molar-refractivity contribution in [3.05, 3.63) is 29.8 Å². The Hall–Kier alpha value is -3.98. The molecule has 0 saturated heterocycles. The Kier molecular flexibility index (Phi) is 31.2. The Balaban J connectivity index is 2.88. The van der Waals surface area contributed by atoms with Crippen molar-refractivity contribution in [1.29, 1.82) is 0 Å². The fraction of sp³-hybridized carbons (Fsp3) is 0.717. The summed E-state index contributed by atoms with van der Waals surface area (Å²) in [6.45, 7) is 2.29. The summed E-state index contributed by atoms with van der Waals surface area (Å²) in [6.07, 6.45) is 19.2. The number of carbonyl (C=O) groups is 7. The van der Waals surface area contributed by atoms with Crippen molar-refractivity contribution >= 4 is 52.9 Å². The number of Topliss-reactive ketones (excluding diaryl/α,β-unsaturated/α-hetero) is 2. The minimum Gasteiger partial charge on any atom is -0.508 e. The lowest BCUT2D eigenvalue weighted by atomic mass is 9.90. The Bertz CT molecular complexity index is 1450. The van der Waals surface area contributed by atoms with Gasteiger partial charge in [0.25, 0.3) is 0 Å². The Morgan fingerprint density at radius 3 is 1.84 bits per heavy atom. The highest BCUT2D eigenvalue weighted by atomic mass is 32.2. The van der Waals surface area contributed by atoms with Crippen LogP contribution >= 0.6 is 11.8 Å². The summed E-state index contributed by atoms with van der Waals surface area (Å²) in [5, 5.41) is 20.6. The van der Waals surface area contributed by atoms with Gasteiger partial charge < -0.3 is 37.8 Å². The number of carbonyl (C=O) groups excluding carboxylic acids is 7. The molecule has 0 aliphatic rings. The number of nitrogens with two attached hydrogens (primary N) is 2. The number of hydrogen-bond acceptors (Lipinski definition) is 10.